The monoisotopic (exact) mass is 374 g/mol. The standard InChI is InChI=1S/C20H20F2N2O3/c21-14-6-7-17(18(22)12-14)20(26)23-15-8-10-24(11-9-15)19(25)13-27-16-4-2-1-3-5-16/h1-7,12,15H,8-11,13H2,(H,23,26). The Bertz CT molecular complexity index is 806. The Morgan fingerprint density at radius 3 is 2.44 bits per heavy atom. The van der Waals surface area contributed by atoms with Crippen LogP contribution < -0.4 is 10.1 Å². The van der Waals surface area contributed by atoms with Crippen molar-refractivity contribution >= 4 is 11.8 Å². The van der Waals surface area contributed by atoms with Crippen LogP contribution in [0.2, 0.25) is 0 Å². The van der Waals surface area contributed by atoms with Gasteiger partial charge in [-0.15, -0.1) is 0 Å². The summed E-state index contributed by atoms with van der Waals surface area (Å²) in [5.74, 6) is -1.68. The first-order valence-corrected chi connectivity index (χ1v) is 8.74. The van der Waals surface area contributed by atoms with Gasteiger partial charge in [-0.25, -0.2) is 8.78 Å². The lowest BCUT2D eigenvalue weighted by Gasteiger charge is -2.32. The molecule has 3 rings (SSSR count). The van der Waals surface area contributed by atoms with E-state index in [4.69, 9.17) is 4.74 Å². The van der Waals surface area contributed by atoms with Gasteiger partial charge in [-0.2, -0.15) is 0 Å². The molecule has 142 valence electrons. The highest BCUT2D eigenvalue weighted by Crippen LogP contribution is 2.15. The van der Waals surface area contributed by atoms with Crippen molar-refractivity contribution in [3.05, 3.63) is 65.7 Å². The molecule has 0 unspecified atom stereocenters. The molecule has 27 heavy (non-hydrogen) atoms. The summed E-state index contributed by atoms with van der Waals surface area (Å²) >= 11 is 0. The predicted molar refractivity (Wildman–Crippen MR) is 95.4 cm³/mol. The molecule has 5 nitrogen and oxygen atoms in total. The zero-order valence-electron chi connectivity index (χ0n) is 14.7. The molecule has 2 aromatic carbocycles. The van der Waals surface area contributed by atoms with E-state index in [1.807, 2.05) is 18.2 Å². The van der Waals surface area contributed by atoms with Gasteiger partial charge in [0.05, 0.1) is 5.56 Å². The predicted octanol–water partition coefficient (Wildman–Crippen LogP) is 2.76. The fourth-order valence-electron chi connectivity index (χ4n) is 2.96. The molecule has 0 bridgehead atoms. The van der Waals surface area contributed by atoms with E-state index in [0.717, 1.165) is 12.1 Å². The number of ether oxygens (including phenoxy) is 1. The van der Waals surface area contributed by atoms with Crippen LogP contribution in [-0.4, -0.2) is 42.5 Å². The SMILES string of the molecule is O=C(NC1CCN(C(=O)COc2ccccc2)CC1)c1ccc(F)cc1F. The first-order valence-electron chi connectivity index (χ1n) is 8.74. The molecule has 0 aromatic heterocycles. The first-order chi connectivity index (χ1) is 13.0. The third-order valence-electron chi connectivity index (χ3n) is 4.46. The molecule has 2 aromatic rings. The third kappa shape index (κ3) is 5.03. The smallest absolute Gasteiger partial charge is 0.260 e. The second-order valence-electron chi connectivity index (χ2n) is 6.35. The number of benzene rings is 2. The number of hydrogen-bond donors (Lipinski definition) is 1. The van der Waals surface area contributed by atoms with Gasteiger partial charge in [-0.1, -0.05) is 18.2 Å². The van der Waals surface area contributed by atoms with E-state index in [0.29, 0.717) is 37.7 Å². The van der Waals surface area contributed by atoms with Crippen molar-refractivity contribution in [2.45, 2.75) is 18.9 Å². The molecule has 0 aliphatic carbocycles. The van der Waals surface area contributed by atoms with E-state index < -0.39 is 17.5 Å². The van der Waals surface area contributed by atoms with Gasteiger partial charge < -0.3 is 15.0 Å². The summed E-state index contributed by atoms with van der Waals surface area (Å²) in [6.45, 7) is 0.920. The highest BCUT2D eigenvalue weighted by Gasteiger charge is 2.25. The maximum Gasteiger partial charge on any atom is 0.260 e. The fraction of sp³-hybridized carbons (Fsp3) is 0.300. The van der Waals surface area contributed by atoms with Crippen molar-refractivity contribution in [2.75, 3.05) is 19.7 Å². The minimum Gasteiger partial charge on any atom is -0.484 e. The summed E-state index contributed by atoms with van der Waals surface area (Å²) in [6, 6.07) is 11.8. The van der Waals surface area contributed by atoms with Crippen LogP contribution in [-0.2, 0) is 4.79 Å². The van der Waals surface area contributed by atoms with E-state index >= 15 is 0 Å². The lowest BCUT2D eigenvalue weighted by molar-refractivity contribution is -0.134. The number of para-hydroxylation sites is 1. The number of rotatable bonds is 5. The number of piperidine rings is 1. The molecule has 1 aliphatic heterocycles. The molecule has 0 spiro atoms. The highest BCUT2D eigenvalue weighted by atomic mass is 19.1. The number of carbonyl (C=O) groups is 2. The maximum atomic E-state index is 13.7. The minimum atomic E-state index is -0.891. The molecular formula is C20H20F2N2O3. The second-order valence-corrected chi connectivity index (χ2v) is 6.35. The van der Waals surface area contributed by atoms with Crippen molar-refractivity contribution in [1.29, 1.82) is 0 Å². The molecule has 0 saturated carbocycles. The Hall–Kier alpha value is -2.96. The van der Waals surface area contributed by atoms with Gasteiger partial charge in [-0.05, 0) is 37.1 Å². The molecule has 7 heteroatoms. The van der Waals surface area contributed by atoms with Crippen molar-refractivity contribution in [2.24, 2.45) is 0 Å². The number of carbonyl (C=O) groups excluding carboxylic acids is 2. The van der Waals surface area contributed by atoms with Crippen LogP contribution in [0.3, 0.4) is 0 Å². The van der Waals surface area contributed by atoms with Crippen molar-refractivity contribution < 1.29 is 23.1 Å². The van der Waals surface area contributed by atoms with Crippen LogP contribution in [0.25, 0.3) is 0 Å². The van der Waals surface area contributed by atoms with Gasteiger partial charge in [0.1, 0.15) is 17.4 Å². The van der Waals surface area contributed by atoms with E-state index in [9.17, 15) is 18.4 Å². The molecule has 1 fully saturated rings. The van der Waals surface area contributed by atoms with Crippen LogP contribution in [0.1, 0.15) is 23.2 Å². The molecule has 0 radical (unpaired) electrons. The zero-order chi connectivity index (χ0) is 19.2. The largest absolute Gasteiger partial charge is 0.484 e. The van der Waals surface area contributed by atoms with E-state index in [2.05, 4.69) is 5.32 Å². The van der Waals surface area contributed by atoms with Crippen LogP contribution in [0, 0.1) is 11.6 Å². The number of likely N-dealkylation sites (tertiary alicyclic amines) is 1. The minimum absolute atomic E-state index is 0.0399. The number of halogens is 2. The van der Waals surface area contributed by atoms with Crippen molar-refractivity contribution in [1.82, 2.24) is 10.2 Å². The Morgan fingerprint density at radius 2 is 1.78 bits per heavy atom. The van der Waals surface area contributed by atoms with Gasteiger partial charge in [0.25, 0.3) is 11.8 Å². The summed E-state index contributed by atoms with van der Waals surface area (Å²) in [4.78, 5) is 26.1. The molecule has 1 aliphatic rings. The molecule has 1 saturated heterocycles. The lowest BCUT2D eigenvalue weighted by atomic mass is 10.0. The molecule has 2 amide bonds. The van der Waals surface area contributed by atoms with Crippen LogP contribution in [0.4, 0.5) is 8.78 Å². The number of amides is 2. The first kappa shape index (κ1) is 18.8. The van der Waals surface area contributed by atoms with Gasteiger partial charge in [0.15, 0.2) is 6.61 Å². The zero-order valence-corrected chi connectivity index (χ0v) is 14.7. The average Bonchev–Trinajstić information content (AvgIpc) is 2.67. The topological polar surface area (TPSA) is 58.6 Å². The summed E-state index contributed by atoms with van der Waals surface area (Å²) in [7, 11) is 0. The second kappa shape index (κ2) is 8.62. The van der Waals surface area contributed by atoms with E-state index in [1.165, 1.54) is 0 Å². The normalized spacial score (nSPS) is 14.7. The number of nitrogens with one attached hydrogen (secondary N) is 1. The van der Waals surface area contributed by atoms with Crippen LogP contribution in [0.5, 0.6) is 5.75 Å². The summed E-state index contributed by atoms with van der Waals surface area (Å²) in [6.07, 6.45) is 1.12. The lowest BCUT2D eigenvalue weighted by Crippen LogP contribution is -2.47. The quantitative estimate of drug-likeness (QED) is 0.876. The van der Waals surface area contributed by atoms with E-state index in [1.54, 1.807) is 17.0 Å². The number of nitrogens with zero attached hydrogens (tertiary/aromatic N) is 1. The summed E-state index contributed by atoms with van der Waals surface area (Å²) < 4.78 is 32.1. The van der Waals surface area contributed by atoms with Crippen molar-refractivity contribution in [3.63, 3.8) is 0 Å². The van der Waals surface area contributed by atoms with Crippen LogP contribution >= 0.6 is 0 Å². The Kier molecular flexibility index (Phi) is 6.01. The highest BCUT2D eigenvalue weighted by molar-refractivity contribution is 5.94. The van der Waals surface area contributed by atoms with Gasteiger partial charge in [-0.3, -0.25) is 9.59 Å². The maximum absolute atomic E-state index is 13.7. The van der Waals surface area contributed by atoms with E-state index in [-0.39, 0.29) is 24.1 Å². The Labute approximate surface area is 155 Å². The molecule has 1 N–H and O–H groups in total. The molecule has 0 atom stereocenters. The molecule has 1 heterocycles. The summed E-state index contributed by atoms with van der Waals surface area (Å²) in [5, 5.41) is 2.74. The third-order valence-corrected chi connectivity index (χ3v) is 4.46. The van der Waals surface area contributed by atoms with Gasteiger partial charge in [0, 0.05) is 25.2 Å². The average molecular weight is 374 g/mol. The number of hydrogen-bond acceptors (Lipinski definition) is 3. The Morgan fingerprint density at radius 1 is 1.07 bits per heavy atom. The fourth-order valence-corrected chi connectivity index (χ4v) is 2.96. The van der Waals surface area contributed by atoms with Crippen LogP contribution in [0.15, 0.2) is 48.5 Å². The van der Waals surface area contributed by atoms with Gasteiger partial charge in [0.2, 0.25) is 0 Å². The summed E-state index contributed by atoms with van der Waals surface area (Å²) in [5.41, 5.74) is -0.189. The Balaban J connectivity index is 1.45. The van der Waals surface area contributed by atoms with Gasteiger partial charge >= 0.3 is 0 Å². The van der Waals surface area contributed by atoms with Crippen molar-refractivity contribution in [3.8, 4) is 5.75 Å². The molecular weight excluding hydrogens is 354 g/mol.